The van der Waals surface area contributed by atoms with Crippen LogP contribution in [0.25, 0.3) is 0 Å². The number of benzene rings is 2. The van der Waals surface area contributed by atoms with E-state index in [4.69, 9.17) is 0 Å². The number of anilines is 3. The Hall–Kier alpha value is -2.60. The molecule has 1 N–H and O–H groups in total. The summed E-state index contributed by atoms with van der Waals surface area (Å²) >= 11 is 0. The topological polar surface area (TPSA) is 38.8 Å². The van der Waals surface area contributed by atoms with E-state index in [1.807, 2.05) is 55.4 Å². The Morgan fingerprint density at radius 2 is 1.63 bits per heavy atom. The zero-order chi connectivity index (χ0) is 19.2. The molecule has 2 aromatic rings. The molecule has 144 valence electrons. The summed E-state index contributed by atoms with van der Waals surface area (Å²) in [4.78, 5) is 18.8. The van der Waals surface area contributed by atoms with Gasteiger partial charge in [0.2, 0.25) is 5.91 Å². The quantitative estimate of drug-likeness (QED) is 0.848. The molecule has 5 nitrogen and oxygen atoms in total. The van der Waals surface area contributed by atoms with Gasteiger partial charge in [0.25, 0.3) is 0 Å². The Kier molecular flexibility index (Phi) is 6.29. The number of amides is 1. The molecule has 1 amide bonds. The molecule has 2 aromatic carbocycles. The third-order valence-corrected chi connectivity index (χ3v) is 4.89. The van der Waals surface area contributed by atoms with Crippen molar-refractivity contribution >= 4 is 23.0 Å². The minimum Gasteiger partial charge on any atom is -0.378 e. The summed E-state index contributed by atoms with van der Waals surface area (Å²) in [7, 11) is 3.98. The van der Waals surface area contributed by atoms with E-state index >= 15 is 0 Å². The third kappa shape index (κ3) is 5.44. The lowest BCUT2D eigenvalue weighted by Gasteiger charge is -2.36. The Labute approximate surface area is 160 Å². The van der Waals surface area contributed by atoms with Crippen LogP contribution in [0.1, 0.15) is 6.42 Å². The second-order valence-electron chi connectivity index (χ2n) is 7.04. The smallest absolute Gasteiger partial charge is 0.225 e. The maximum absolute atomic E-state index is 13.0. The highest BCUT2D eigenvalue weighted by atomic mass is 19.1. The number of nitrogens with zero attached hydrogens (tertiary/aromatic N) is 3. The number of carbonyl (C=O) groups is 1. The van der Waals surface area contributed by atoms with Gasteiger partial charge in [0.1, 0.15) is 5.82 Å². The second-order valence-corrected chi connectivity index (χ2v) is 7.04. The zero-order valence-corrected chi connectivity index (χ0v) is 16.0. The van der Waals surface area contributed by atoms with Gasteiger partial charge in [-0.25, -0.2) is 4.39 Å². The minimum atomic E-state index is -0.209. The van der Waals surface area contributed by atoms with Gasteiger partial charge in [-0.05, 0) is 48.5 Å². The van der Waals surface area contributed by atoms with Crippen molar-refractivity contribution in [1.82, 2.24) is 4.90 Å². The van der Waals surface area contributed by atoms with Crippen LogP contribution >= 0.6 is 0 Å². The number of rotatable bonds is 6. The van der Waals surface area contributed by atoms with Crippen LogP contribution < -0.4 is 15.1 Å². The molecule has 0 bridgehead atoms. The van der Waals surface area contributed by atoms with E-state index < -0.39 is 0 Å². The van der Waals surface area contributed by atoms with Gasteiger partial charge < -0.3 is 15.1 Å². The van der Waals surface area contributed by atoms with E-state index in [0.717, 1.165) is 49.8 Å². The van der Waals surface area contributed by atoms with Crippen LogP contribution in [0.2, 0.25) is 0 Å². The molecule has 0 aliphatic carbocycles. The van der Waals surface area contributed by atoms with Crippen LogP contribution in [0.15, 0.2) is 48.5 Å². The van der Waals surface area contributed by atoms with Gasteiger partial charge >= 0.3 is 0 Å². The lowest BCUT2D eigenvalue weighted by Crippen LogP contribution is -2.47. The lowest BCUT2D eigenvalue weighted by molar-refractivity contribution is -0.116. The van der Waals surface area contributed by atoms with Crippen LogP contribution in [0.3, 0.4) is 0 Å². The van der Waals surface area contributed by atoms with Crippen molar-refractivity contribution in [2.75, 3.05) is 61.9 Å². The summed E-state index contributed by atoms with van der Waals surface area (Å²) in [5, 5.41) is 2.96. The number of carbonyl (C=O) groups excluding carboxylic acids is 1. The van der Waals surface area contributed by atoms with Gasteiger partial charge in [-0.1, -0.05) is 0 Å². The average Bonchev–Trinajstić information content (AvgIpc) is 2.68. The molecule has 0 aromatic heterocycles. The Morgan fingerprint density at radius 3 is 2.22 bits per heavy atom. The molecular weight excluding hydrogens is 343 g/mol. The van der Waals surface area contributed by atoms with Crippen molar-refractivity contribution in [3.63, 3.8) is 0 Å². The fraction of sp³-hybridized carbons (Fsp3) is 0.381. The first-order valence-corrected chi connectivity index (χ1v) is 9.31. The van der Waals surface area contributed by atoms with Crippen molar-refractivity contribution in [3.8, 4) is 0 Å². The predicted molar refractivity (Wildman–Crippen MR) is 109 cm³/mol. The Bertz CT molecular complexity index is 738. The number of piperazine rings is 1. The summed E-state index contributed by atoms with van der Waals surface area (Å²) in [6.45, 7) is 4.34. The predicted octanol–water partition coefficient (Wildman–Crippen LogP) is 3.04. The Morgan fingerprint density at radius 1 is 1.00 bits per heavy atom. The molecule has 1 aliphatic rings. The molecule has 1 saturated heterocycles. The first-order chi connectivity index (χ1) is 13.0. The van der Waals surface area contributed by atoms with Gasteiger partial charge in [-0.2, -0.15) is 0 Å². The maximum atomic E-state index is 13.0. The number of halogens is 1. The highest BCUT2D eigenvalue weighted by Crippen LogP contribution is 2.18. The maximum Gasteiger partial charge on any atom is 0.225 e. The fourth-order valence-electron chi connectivity index (χ4n) is 3.21. The molecule has 6 heteroatoms. The largest absolute Gasteiger partial charge is 0.378 e. The summed E-state index contributed by atoms with van der Waals surface area (Å²) in [6, 6.07) is 14.5. The van der Waals surface area contributed by atoms with E-state index in [-0.39, 0.29) is 11.7 Å². The molecular formula is C21H27FN4O. The van der Waals surface area contributed by atoms with Crippen LogP contribution in [0, 0.1) is 5.82 Å². The van der Waals surface area contributed by atoms with Crippen molar-refractivity contribution in [2.45, 2.75) is 6.42 Å². The van der Waals surface area contributed by atoms with E-state index in [1.165, 1.54) is 12.1 Å². The molecule has 0 atom stereocenters. The molecule has 1 heterocycles. The van der Waals surface area contributed by atoms with E-state index in [0.29, 0.717) is 6.42 Å². The van der Waals surface area contributed by atoms with Crippen LogP contribution in [-0.2, 0) is 4.79 Å². The highest BCUT2D eigenvalue weighted by Gasteiger charge is 2.17. The molecule has 1 fully saturated rings. The van der Waals surface area contributed by atoms with Crippen molar-refractivity contribution in [2.24, 2.45) is 0 Å². The number of hydrogen-bond acceptors (Lipinski definition) is 4. The average molecular weight is 370 g/mol. The summed E-state index contributed by atoms with van der Waals surface area (Å²) in [6.07, 6.45) is 0.478. The van der Waals surface area contributed by atoms with Gasteiger partial charge in [-0.15, -0.1) is 0 Å². The monoisotopic (exact) mass is 370 g/mol. The SMILES string of the molecule is CN(C)c1ccc(NC(=O)CCN2CCN(c3ccc(F)cc3)CC2)cc1. The van der Waals surface area contributed by atoms with Crippen molar-refractivity contribution in [1.29, 1.82) is 0 Å². The summed E-state index contributed by atoms with van der Waals surface area (Å²) in [5.41, 5.74) is 2.98. The normalized spacial score (nSPS) is 14.9. The molecule has 3 rings (SSSR count). The second kappa shape index (κ2) is 8.86. The van der Waals surface area contributed by atoms with Gasteiger partial charge in [0, 0.05) is 70.3 Å². The fourth-order valence-corrected chi connectivity index (χ4v) is 3.21. The van der Waals surface area contributed by atoms with Gasteiger partial charge in [-0.3, -0.25) is 9.69 Å². The molecule has 27 heavy (non-hydrogen) atoms. The van der Waals surface area contributed by atoms with E-state index in [2.05, 4.69) is 15.1 Å². The highest BCUT2D eigenvalue weighted by molar-refractivity contribution is 5.91. The minimum absolute atomic E-state index is 0.0357. The first kappa shape index (κ1) is 19.2. The van der Waals surface area contributed by atoms with E-state index in [1.54, 1.807) is 0 Å². The molecule has 0 unspecified atom stereocenters. The standard InChI is InChI=1S/C21H27FN4O/c1-24(2)19-9-5-18(6-10-19)23-21(27)11-12-25-13-15-26(16-14-25)20-7-3-17(22)4-8-20/h3-10H,11-16H2,1-2H3,(H,23,27). The molecule has 0 saturated carbocycles. The van der Waals surface area contributed by atoms with Crippen molar-refractivity contribution < 1.29 is 9.18 Å². The van der Waals surface area contributed by atoms with Crippen LogP contribution in [0.5, 0.6) is 0 Å². The van der Waals surface area contributed by atoms with E-state index in [9.17, 15) is 9.18 Å². The van der Waals surface area contributed by atoms with Gasteiger partial charge in [0.05, 0.1) is 0 Å². The summed E-state index contributed by atoms with van der Waals surface area (Å²) < 4.78 is 13.0. The Balaban J connectivity index is 1.40. The van der Waals surface area contributed by atoms with Gasteiger partial charge in [0.15, 0.2) is 0 Å². The van der Waals surface area contributed by atoms with Crippen LogP contribution in [0.4, 0.5) is 21.5 Å². The number of hydrogen-bond donors (Lipinski definition) is 1. The summed E-state index contributed by atoms with van der Waals surface area (Å²) in [5.74, 6) is -0.173. The molecule has 0 radical (unpaired) electrons. The molecule has 1 aliphatic heterocycles. The zero-order valence-electron chi connectivity index (χ0n) is 16.0. The van der Waals surface area contributed by atoms with Crippen LogP contribution in [-0.4, -0.2) is 57.6 Å². The first-order valence-electron chi connectivity index (χ1n) is 9.31. The third-order valence-electron chi connectivity index (χ3n) is 4.89. The van der Waals surface area contributed by atoms with Crippen molar-refractivity contribution in [3.05, 3.63) is 54.3 Å². The lowest BCUT2D eigenvalue weighted by atomic mass is 10.2. The number of nitrogens with one attached hydrogen (secondary N) is 1. The molecule has 0 spiro atoms.